The summed E-state index contributed by atoms with van der Waals surface area (Å²) in [5.74, 6) is 2.41. The van der Waals surface area contributed by atoms with Crippen LogP contribution in [0.5, 0.6) is 0 Å². The number of anilines is 1. The molecule has 0 radical (unpaired) electrons. The quantitative estimate of drug-likeness (QED) is 0.601. The molecule has 0 aliphatic carbocycles. The van der Waals surface area contributed by atoms with Crippen LogP contribution in [0.1, 0.15) is 5.56 Å². The summed E-state index contributed by atoms with van der Waals surface area (Å²) in [7, 11) is 2.17. The highest BCUT2D eigenvalue weighted by Gasteiger charge is 2.10. The number of thioether (sulfide) groups is 1. The molecule has 12 heavy (non-hydrogen) atoms. The van der Waals surface area contributed by atoms with Crippen LogP contribution < -0.4 is 4.90 Å². The van der Waals surface area contributed by atoms with Gasteiger partial charge in [-0.05, 0) is 11.6 Å². The van der Waals surface area contributed by atoms with Crippen molar-refractivity contribution < 1.29 is 0 Å². The van der Waals surface area contributed by atoms with Crippen molar-refractivity contribution in [3.8, 4) is 0 Å². The van der Waals surface area contributed by atoms with E-state index in [1.54, 1.807) is 0 Å². The fourth-order valence-corrected chi connectivity index (χ4v) is 2.52. The third-order valence-corrected chi connectivity index (χ3v) is 3.22. The van der Waals surface area contributed by atoms with Crippen molar-refractivity contribution in [2.24, 2.45) is 0 Å². The molecule has 0 fully saturated rings. The molecule has 1 aliphatic rings. The second-order valence-electron chi connectivity index (χ2n) is 3.10. The minimum atomic E-state index is 1.17. The third-order valence-electron chi connectivity index (χ3n) is 2.23. The van der Waals surface area contributed by atoms with E-state index in [2.05, 4.69) is 36.2 Å². The van der Waals surface area contributed by atoms with Crippen LogP contribution >= 0.6 is 11.8 Å². The highest BCUT2D eigenvalue weighted by molar-refractivity contribution is 7.98. The molecule has 2 rings (SSSR count). The van der Waals surface area contributed by atoms with Crippen molar-refractivity contribution in [3.63, 3.8) is 0 Å². The molecule has 1 heterocycles. The molecular formula is C10H13NS. The van der Waals surface area contributed by atoms with Crippen molar-refractivity contribution >= 4 is 17.4 Å². The second-order valence-corrected chi connectivity index (χ2v) is 4.21. The molecule has 0 bridgehead atoms. The van der Waals surface area contributed by atoms with Crippen LogP contribution in [0.15, 0.2) is 24.3 Å². The SMILES string of the molecule is CN1CCSCc2ccccc21. The standard InChI is InChI=1S/C10H13NS/c1-11-6-7-12-8-9-4-2-3-5-10(9)11/h2-5H,6-8H2,1H3. The van der Waals surface area contributed by atoms with Crippen LogP contribution in [0.2, 0.25) is 0 Å². The first kappa shape index (κ1) is 7.99. The maximum absolute atomic E-state index is 2.34. The van der Waals surface area contributed by atoms with Gasteiger partial charge in [0.15, 0.2) is 0 Å². The number of hydrogen-bond acceptors (Lipinski definition) is 2. The Hall–Kier alpha value is -0.630. The Morgan fingerprint density at radius 1 is 1.33 bits per heavy atom. The van der Waals surface area contributed by atoms with Gasteiger partial charge in [-0.15, -0.1) is 0 Å². The normalized spacial score (nSPS) is 16.9. The monoisotopic (exact) mass is 179 g/mol. The Bertz CT molecular complexity index is 272. The van der Waals surface area contributed by atoms with Crippen LogP contribution in [0, 0.1) is 0 Å². The molecule has 2 heteroatoms. The fraction of sp³-hybridized carbons (Fsp3) is 0.400. The topological polar surface area (TPSA) is 3.24 Å². The van der Waals surface area contributed by atoms with Gasteiger partial charge in [0.25, 0.3) is 0 Å². The van der Waals surface area contributed by atoms with Crippen LogP contribution in [-0.4, -0.2) is 19.3 Å². The van der Waals surface area contributed by atoms with E-state index in [0.717, 1.165) is 0 Å². The van der Waals surface area contributed by atoms with E-state index in [4.69, 9.17) is 0 Å². The lowest BCUT2D eigenvalue weighted by Crippen LogP contribution is -2.19. The van der Waals surface area contributed by atoms with Gasteiger partial charge in [-0.25, -0.2) is 0 Å². The van der Waals surface area contributed by atoms with Gasteiger partial charge in [-0.3, -0.25) is 0 Å². The first-order chi connectivity index (χ1) is 5.88. The van der Waals surface area contributed by atoms with Gasteiger partial charge >= 0.3 is 0 Å². The van der Waals surface area contributed by atoms with Gasteiger partial charge in [0.2, 0.25) is 0 Å². The summed E-state index contributed by atoms with van der Waals surface area (Å²) < 4.78 is 0. The van der Waals surface area contributed by atoms with E-state index < -0.39 is 0 Å². The van der Waals surface area contributed by atoms with Gasteiger partial charge in [-0.2, -0.15) is 11.8 Å². The highest BCUT2D eigenvalue weighted by Crippen LogP contribution is 2.26. The molecule has 1 aliphatic heterocycles. The molecule has 0 atom stereocenters. The van der Waals surface area contributed by atoms with E-state index >= 15 is 0 Å². The van der Waals surface area contributed by atoms with Crippen LogP contribution in [-0.2, 0) is 5.75 Å². The number of nitrogens with zero attached hydrogens (tertiary/aromatic N) is 1. The molecule has 0 amide bonds. The molecule has 0 saturated heterocycles. The minimum absolute atomic E-state index is 1.17. The van der Waals surface area contributed by atoms with Gasteiger partial charge in [-0.1, -0.05) is 18.2 Å². The lowest BCUT2D eigenvalue weighted by atomic mass is 10.2. The Morgan fingerprint density at radius 3 is 3.08 bits per heavy atom. The van der Waals surface area contributed by atoms with Crippen molar-refractivity contribution in [1.82, 2.24) is 0 Å². The van der Waals surface area contributed by atoms with Gasteiger partial charge in [0, 0.05) is 30.8 Å². The Balaban J connectivity index is 2.39. The lowest BCUT2D eigenvalue weighted by Gasteiger charge is -2.18. The van der Waals surface area contributed by atoms with Crippen LogP contribution in [0.4, 0.5) is 5.69 Å². The summed E-state index contributed by atoms with van der Waals surface area (Å²) in [6, 6.07) is 8.68. The summed E-state index contributed by atoms with van der Waals surface area (Å²) in [5, 5.41) is 0. The van der Waals surface area contributed by atoms with Crippen molar-refractivity contribution in [2.45, 2.75) is 5.75 Å². The van der Waals surface area contributed by atoms with E-state index in [9.17, 15) is 0 Å². The molecule has 1 aromatic carbocycles. The number of benzene rings is 1. The highest BCUT2D eigenvalue weighted by atomic mass is 32.2. The average molecular weight is 179 g/mol. The summed E-state index contributed by atoms with van der Waals surface area (Å²) in [4.78, 5) is 2.34. The maximum Gasteiger partial charge on any atom is 0.0404 e. The molecular weight excluding hydrogens is 166 g/mol. The fourth-order valence-electron chi connectivity index (χ4n) is 1.51. The molecule has 1 aromatic rings. The van der Waals surface area contributed by atoms with Gasteiger partial charge in [0.05, 0.1) is 0 Å². The summed E-state index contributed by atoms with van der Waals surface area (Å²) in [6.07, 6.45) is 0. The number of hydrogen-bond donors (Lipinski definition) is 0. The zero-order chi connectivity index (χ0) is 8.39. The number of fused-ring (bicyclic) bond motifs is 1. The second kappa shape index (κ2) is 3.40. The third kappa shape index (κ3) is 1.44. The molecule has 1 nitrogen and oxygen atoms in total. The maximum atomic E-state index is 2.34. The Kier molecular flexibility index (Phi) is 2.26. The number of para-hydroxylation sites is 1. The largest absolute Gasteiger partial charge is 0.374 e. The zero-order valence-electron chi connectivity index (χ0n) is 7.29. The lowest BCUT2D eigenvalue weighted by molar-refractivity contribution is 0.979. The molecule has 0 aromatic heterocycles. The molecule has 0 N–H and O–H groups in total. The van der Waals surface area contributed by atoms with Gasteiger partial charge in [0.1, 0.15) is 0 Å². The first-order valence-electron chi connectivity index (χ1n) is 4.25. The van der Waals surface area contributed by atoms with Crippen LogP contribution in [0.3, 0.4) is 0 Å². The Morgan fingerprint density at radius 2 is 2.17 bits per heavy atom. The van der Waals surface area contributed by atoms with E-state index in [1.807, 2.05) is 11.8 Å². The van der Waals surface area contributed by atoms with E-state index in [1.165, 1.54) is 29.3 Å². The van der Waals surface area contributed by atoms with Crippen LogP contribution in [0.25, 0.3) is 0 Å². The summed E-state index contributed by atoms with van der Waals surface area (Å²) >= 11 is 2.02. The molecule has 0 spiro atoms. The zero-order valence-corrected chi connectivity index (χ0v) is 8.10. The van der Waals surface area contributed by atoms with E-state index in [-0.39, 0.29) is 0 Å². The predicted molar refractivity (Wildman–Crippen MR) is 55.9 cm³/mol. The summed E-state index contributed by atoms with van der Waals surface area (Å²) in [6.45, 7) is 1.17. The van der Waals surface area contributed by atoms with E-state index in [0.29, 0.717) is 0 Å². The number of rotatable bonds is 0. The average Bonchev–Trinajstić information content (AvgIpc) is 2.29. The minimum Gasteiger partial charge on any atom is -0.374 e. The Labute approximate surface area is 77.8 Å². The van der Waals surface area contributed by atoms with Gasteiger partial charge < -0.3 is 4.90 Å². The predicted octanol–water partition coefficient (Wildman–Crippen LogP) is 2.37. The summed E-state index contributed by atoms with van der Waals surface area (Å²) in [5.41, 5.74) is 2.88. The molecule has 0 saturated carbocycles. The molecule has 0 unspecified atom stereocenters. The van der Waals surface area contributed by atoms with Crippen molar-refractivity contribution in [1.29, 1.82) is 0 Å². The molecule has 64 valence electrons. The smallest absolute Gasteiger partial charge is 0.0404 e. The van der Waals surface area contributed by atoms with Crippen molar-refractivity contribution in [3.05, 3.63) is 29.8 Å². The van der Waals surface area contributed by atoms with Crippen molar-refractivity contribution in [2.75, 3.05) is 24.2 Å². The first-order valence-corrected chi connectivity index (χ1v) is 5.40.